The maximum atomic E-state index is 8.43. The summed E-state index contributed by atoms with van der Waals surface area (Å²) in [5.74, 6) is 0. The van der Waals surface area contributed by atoms with Gasteiger partial charge in [-0.05, 0) is 26.8 Å². The van der Waals surface area contributed by atoms with Crippen molar-refractivity contribution in [2.24, 2.45) is 0 Å². The maximum absolute atomic E-state index is 8.43. The zero-order chi connectivity index (χ0) is 8.27. The van der Waals surface area contributed by atoms with Crippen molar-refractivity contribution in [3.63, 3.8) is 0 Å². The number of allylic oxidation sites excluding steroid dienone is 1. The number of hydrogen-bond donors (Lipinski definition) is 0. The van der Waals surface area contributed by atoms with Crippen LogP contribution in [0.25, 0.3) is 0 Å². The van der Waals surface area contributed by atoms with Crippen LogP contribution in [0.1, 0.15) is 19.8 Å². The topological polar surface area (TPSA) is 27.0 Å². The highest BCUT2D eigenvalue weighted by molar-refractivity contribution is 5.16. The molecule has 0 aromatic heterocycles. The zero-order valence-electron chi connectivity index (χ0n) is 7.17. The molecule has 0 bridgehead atoms. The van der Waals surface area contributed by atoms with Crippen LogP contribution in [0.5, 0.6) is 0 Å². The Morgan fingerprint density at radius 3 is 3.00 bits per heavy atom. The van der Waals surface area contributed by atoms with Crippen molar-refractivity contribution in [2.45, 2.75) is 25.8 Å². The van der Waals surface area contributed by atoms with E-state index >= 15 is 0 Å². The fourth-order valence-corrected chi connectivity index (χ4v) is 1.40. The van der Waals surface area contributed by atoms with E-state index in [9.17, 15) is 0 Å². The van der Waals surface area contributed by atoms with E-state index in [1.54, 1.807) is 6.08 Å². The third kappa shape index (κ3) is 2.06. The average molecular weight is 150 g/mol. The highest BCUT2D eigenvalue weighted by Crippen LogP contribution is 2.19. The lowest BCUT2D eigenvalue weighted by molar-refractivity contribution is 0.231. The first-order chi connectivity index (χ1) is 5.24. The van der Waals surface area contributed by atoms with E-state index in [0.717, 1.165) is 19.4 Å². The number of nitrogens with zero attached hydrogens (tertiary/aromatic N) is 2. The third-order valence-electron chi connectivity index (χ3n) is 2.36. The Balaban J connectivity index is 2.54. The van der Waals surface area contributed by atoms with Crippen LogP contribution in [0.3, 0.4) is 0 Å². The smallest absolute Gasteiger partial charge is 0.0911 e. The van der Waals surface area contributed by atoms with Gasteiger partial charge in [0.05, 0.1) is 6.07 Å². The molecule has 1 unspecified atom stereocenters. The van der Waals surface area contributed by atoms with Gasteiger partial charge in [0, 0.05) is 18.7 Å². The van der Waals surface area contributed by atoms with Gasteiger partial charge in [-0.3, -0.25) is 0 Å². The van der Waals surface area contributed by atoms with Gasteiger partial charge in [0.15, 0.2) is 0 Å². The van der Waals surface area contributed by atoms with Crippen LogP contribution < -0.4 is 0 Å². The Labute approximate surface area is 68.1 Å². The zero-order valence-corrected chi connectivity index (χ0v) is 7.17. The summed E-state index contributed by atoms with van der Waals surface area (Å²) in [6.07, 6.45) is 3.82. The van der Waals surface area contributed by atoms with Crippen LogP contribution in [-0.2, 0) is 0 Å². The van der Waals surface area contributed by atoms with Gasteiger partial charge in [0.25, 0.3) is 0 Å². The molecule has 2 heteroatoms. The first kappa shape index (κ1) is 8.29. The summed E-state index contributed by atoms with van der Waals surface area (Å²) in [7, 11) is 2.13. The van der Waals surface area contributed by atoms with Gasteiger partial charge in [0.1, 0.15) is 0 Å². The molecule has 0 amide bonds. The fourth-order valence-electron chi connectivity index (χ4n) is 1.40. The summed E-state index contributed by atoms with van der Waals surface area (Å²) >= 11 is 0. The Hall–Kier alpha value is -0.810. The molecular formula is C9H14N2. The lowest BCUT2D eigenvalue weighted by atomic mass is 9.98. The molecule has 11 heavy (non-hydrogen) atoms. The molecule has 0 aliphatic carbocycles. The number of hydrogen-bond acceptors (Lipinski definition) is 2. The van der Waals surface area contributed by atoms with E-state index in [1.165, 1.54) is 5.57 Å². The Kier molecular flexibility index (Phi) is 2.67. The van der Waals surface area contributed by atoms with Crippen molar-refractivity contribution in [3.8, 4) is 6.07 Å². The van der Waals surface area contributed by atoms with E-state index in [2.05, 4.69) is 24.9 Å². The minimum Gasteiger partial charge on any atom is -0.303 e. The van der Waals surface area contributed by atoms with Crippen LogP contribution in [0.2, 0.25) is 0 Å². The third-order valence-corrected chi connectivity index (χ3v) is 2.36. The molecule has 1 aliphatic rings. The van der Waals surface area contributed by atoms with Crippen molar-refractivity contribution in [3.05, 3.63) is 11.6 Å². The van der Waals surface area contributed by atoms with Crippen LogP contribution in [-0.4, -0.2) is 24.5 Å². The standard InChI is InChI=1S/C9H14N2/c1-8-7-9(3-5-10)4-6-11(8)2/h3,8H,4,6-7H2,1-2H3. The molecule has 60 valence electrons. The molecule has 0 radical (unpaired) electrons. The quantitative estimate of drug-likeness (QED) is 0.490. The first-order valence-corrected chi connectivity index (χ1v) is 4.02. The maximum Gasteiger partial charge on any atom is 0.0911 e. The number of rotatable bonds is 0. The Morgan fingerprint density at radius 2 is 2.45 bits per heavy atom. The van der Waals surface area contributed by atoms with Gasteiger partial charge in [0.2, 0.25) is 0 Å². The van der Waals surface area contributed by atoms with Crippen molar-refractivity contribution >= 4 is 0 Å². The summed E-state index contributed by atoms with van der Waals surface area (Å²) in [5, 5.41) is 8.43. The number of nitriles is 1. The van der Waals surface area contributed by atoms with Gasteiger partial charge in [-0.25, -0.2) is 0 Å². The predicted molar refractivity (Wildman–Crippen MR) is 45.0 cm³/mol. The number of likely N-dealkylation sites (tertiary alicyclic amines) is 1. The highest BCUT2D eigenvalue weighted by Gasteiger charge is 2.16. The van der Waals surface area contributed by atoms with Gasteiger partial charge in [-0.1, -0.05) is 5.57 Å². The average Bonchev–Trinajstić information content (AvgIpc) is 1.98. The lowest BCUT2D eigenvalue weighted by Gasteiger charge is -2.30. The van der Waals surface area contributed by atoms with E-state index in [-0.39, 0.29) is 0 Å². The molecule has 1 rings (SSSR count). The first-order valence-electron chi connectivity index (χ1n) is 4.02. The molecule has 0 aromatic rings. The summed E-state index contributed by atoms with van der Waals surface area (Å²) in [4.78, 5) is 2.33. The minimum absolute atomic E-state index is 0.600. The largest absolute Gasteiger partial charge is 0.303 e. The summed E-state index contributed by atoms with van der Waals surface area (Å²) < 4.78 is 0. The van der Waals surface area contributed by atoms with Crippen molar-refractivity contribution < 1.29 is 0 Å². The molecule has 2 nitrogen and oxygen atoms in total. The van der Waals surface area contributed by atoms with Crippen molar-refractivity contribution in [1.82, 2.24) is 4.90 Å². The normalized spacial score (nSPS) is 30.3. The highest BCUT2D eigenvalue weighted by atomic mass is 15.1. The molecular weight excluding hydrogens is 136 g/mol. The van der Waals surface area contributed by atoms with Crippen LogP contribution >= 0.6 is 0 Å². The molecule has 1 aliphatic heterocycles. The van der Waals surface area contributed by atoms with E-state index in [0.29, 0.717) is 6.04 Å². The van der Waals surface area contributed by atoms with E-state index in [1.807, 2.05) is 0 Å². The second-order valence-corrected chi connectivity index (χ2v) is 3.22. The number of piperidine rings is 1. The Morgan fingerprint density at radius 1 is 1.73 bits per heavy atom. The summed E-state index contributed by atoms with van der Waals surface area (Å²) in [6.45, 7) is 3.29. The second-order valence-electron chi connectivity index (χ2n) is 3.22. The molecule has 0 N–H and O–H groups in total. The van der Waals surface area contributed by atoms with E-state index in [4.69, 9.17) is 5.26 Å². The molecule has 1 fully saturated rings. The van der Waals surface area contributed by atoms with Gasteiger partial charge >= 0.3 is 0 Å². The predicted octanol–water partition coefficient (Wildman–Crippen LogP) is 1.55. The monoisotopic (exact) mass is 150 g/mol. The van der Waals surface area contributed by atoms with Gasteiger partial charge in [-0.15, -0.1) is 0 Å². The van der Waals surface area contributed by atoms with E-state index < -0.39 is 0 Å². The molecule has 0 saturated carbocycles. The molecule has 0 spiro atoms. The van der Waals surface area contributed by atoms with Crippen molar-refractivity contribution in [1.29, 1.82) is 5.26 Å². The molecule has 1 heterocycles. The lowest BCUT2D eigenvalue weighted by Crippen LogP contribution is -2.34. The minimum atomic E-state index is 0.600. The Bertz CT molecular complexity index is 200. The SMILES string of the molecule is CC1CC(=CC#N)CCN1C. The molecule has 0 aromatic carbocycles. The summed E-state index contributed by atoms with van der Waals surface area (Å²) in [5.41, 5.74) is 1.30. The summed E-state index contributed by atoms with van der Waals surface area (Å²) in [6, 6.07) is 2.69. The van der Waals surface area contributed by atoms with Gasteiger partial charge < -0.3 is 4.90 Å². The van der Waals surface area contributed by atoms with Gasteiger partial charge in [-0.2, -0.15) is 5.26 Å². The van der Waals surface area contributed by atoms with Crippen LogP contribution in [0.15, 0.2) is 11.6 Å². The molecule has 1 saturated heterocycles. The van der Waals surface area contributed by atoms with Crippen LogP contribution in [0, 0.1) is 11.3 Å². The second kappa shape index (κ2) is 3.54. The van der Waals surface area contributed by atoms with Crippen molar-refractivity contribution in [2.75, 3.05) is 13.6 Å². The van der Waals surface area contributed by atoms with Crippen LogP contribution in [0.4, 0.5) is 0 Å². The fraction of sp³-hybridized carbons (Fsp3) is 0.667. The molecule has 1 atom stereocenters.